The van der Waals surface area contributed by atoms with E-state index < -0.39 is 0 Å². The Hall–Kier alpha value is -2.16. The zero-order chi connectivity index (χ0) is 12.3. The lowest BCUT2D eigenvalue weighted by molar-refractivity contribution is 0.0601. The Morgan fingerprint density at radius 1 is 1.29 bits per heavy atom. The predicted octanol–water partition coefficient (Wildman–Crippen LogP) is 2.84. The fourth-order valence-electron chi connectivity index (χ4n) is 1.71. The number of rotatable bonds is 2. The number of aromatic nitrogens is 1. The monoisotopic (exact) mass is 227 g/mol. The minimum Gasteiger partial charge on any atom is -0.465 e. The number of methoxy groups -OCH3 is 1. The van der Waals surface area contributed by atoms with Crippen LogP contribution in [0.5, 0.6) is 0 Å². The average molecular weight is 227 g/mol. The standard InChI is InChI=1S/C14H13NO2/c1-10-5-6-12(14(16)17-2)13(8-10)11-4-3-7-15-9-11/h3-9H,1-2H3. The van der Waals surface area contributed by atoms with Crippen LogP contribution in [0.25, 0.3) is 11.1 Å². The molecule has 0 unspecified atom stereocenters. The molecule has 3 nitrogen and oxygen atoms in total. The molecular formula is C14H13NO2. The van der Waals surface area contributed by atoms with E-state index in [0.717, 1.165) is 16.7 Å². The van der Waals surface area contributed by atoms with Gasteiger partial charge >= 0.3 is 5.97 Å². The maximum atomic E-state index is 11.7. The van der Waals surface area contributed by atoms with Gasteiger partial charge < -0.3 is 4.74 Å². The topological polar surface area (TPSA) is 39.2 Å². The predicted molar refractivity (Wildman–Crippen MR) is 65.7 cm³/mol. The van der Waals surface area contributed by atoms with Crippen molar-refractivity contribution in [2.75, 3.05) is 7.11 Å². The molecule has 0 spiro atoms. The molecule has 0 fully saturated rings. The third kappa shape index (κ3) is 2.33. The number of esters is 1. The molecule has 1 aromatic heterocycles. The third-order valence-electron chi connectivity index (χ3n) is 2.55. The summed E-state index contributed by atoms with van der Waals surface area (Å²) in [6, 6.07) is 9.41. The number of hydrogen-bond donors (Lipinski definition) is 0. The van der Waals surface area contributed by atoms with Crippen molar-refractivity contribution in [1.29, 1.82) is 0 Å². The molecule has 3 heteroatoms. The molecule has 2 aromatic rings. The van der Waals surface area contributed by atoms with Crippen LogP contribution < -0.4 is 0 Å². The Kier molecular flexibility index (Phi) is 3.19. The molecule has 1 heterocycles. The highest BCUT2D eigenvalue weighted by Crippen LogP contribution is 2.24. The Labute approximate surface area is 100 Å². The van der Waals surface area contributed by atoms with Crippen molar-refractivity contribution in [1.82, 2.24) is 4.98 Å². The van der Waals surface area contributed by atoms with E-state index in [1.165, 1.54) is 7.11 Å². The van der Waals surface area contributed by atoms with Crippen LogP contribution in [0.1, 0.15) is 15.9 Å². The number of pyridine rings is 1. The van der Waals surface area contributed by atoms with Gasteiger partial charge in [-0.15, -0.1) is 0 Å². The van der Waals surface area contributed by atoms with Crippen LogP contribution in [-0.4, -0.2) is 18.1 Å². The molecule has 0 aliphatic carbocycles. The van der Waals surface area contributed by atoms with E-state index >= 15 is 0 Å². The lowest BCUT2D eigenvalue weighted by Crippen LogP contribution is -2.03. The summed E-state index contributed by atoms with van der Waals surface area (Å²) in [7, 11) is 1.38. The summed E-state index contributed by atoms with van der Waals surface area (Å²) in [6.07, 6.45) is 3.44. The maximum absolute atomic E-state index is 11.7. The molecule has 0 saturated heterocycles. The first-order chi connectivity index (χ1) is 8.22. The first kappa shape index (κ1) is 11.3. The van der Waals surface area contributed by atoms with Gasteiger partial charge in [0.2, 0.25) is 0 Å². The van der Waals surface area contributed by atoms with Gasteiger partial charge in [0.05, 0.1) is 12.7 Å². The summed E-state index contributed by atoms with van der Waals surface area (Å²) in [4.78, 5) is 15.7. The number of hydrogen-bond acceptors (Lipinski definition) is 3. The van der Waals surface area contributed by atoms with Gasteiger partial charge in [-0.25, -0.2) is 4.79 Å². The van der Waals surface area contributed by atoms with Crippen LogP contribution in [0, 0.1) is 6.92 Å². The molecule has 0 bridgehead atoms. The highest BCUT2D eigenvalue weighted by atomic mass is 16.5. The second-order valence-corrected chi connectivity index (χ2v) is 3.78. The van der Waals surface area contributed by atoms with Gasteiger partial charge in [0.25, 0.3) is 0 Å². The number of carbonyl (C=O) groups is 1. The summed E-state index contributed by atoms with van der Waals surface area (Å²) in [6.45, 7) is 1.99. The molecule has 0 aliphatic rings. The van der Waals surface area contributed by atoms with Crippen molar-refractivity contribution in [2.45, 2.75) is 6.92 Å². The quantitative estimate of drug-likeness (QED) is 0.740. The van der Waals surface area contributed by atoms with Gasteiger partial charge in [-0.2, -0.15) is 0 Å². The summed E-state index contributed by atoms with van der Waals surface area (Å²) < 4.78 is 4.78. The lowest BCUT2D eigenvalue weighted by Gasteiger charge is -2.08. The van der Waals surface area contributed by atoms with E-state index in [4.69, 9.17) is 4.74 Å². The largest absolute Gasteiger partial charge is 0.465 e. The van der Waals surface area contributed by atoms with Crippen molar-refractivity contribution in [3.63, 3.8) is 0 Å². The van der Waals surface area contributed by atoms with Crippen LogP contribution in [0.15, 0.2) is 42.7 Å². The highest BCUT2D eigenvalue weighted by molar-refractivity contribution is 5.97. The Balaban J connectivity index is 2.59. The smallest absolute Gasteiger partial charge is 0.338 e. The molecule has 0 saturated carbocycles. The van der Waals surface area contributed by atoms with Crippen LogP contribution in [0.3, 0.4) is 0 Å². The van der Waals surface area contributed by atoms with E-state index in [-0.39, 0.29) is 5.97 Å². The fraction of sp³-hybridized carbons (Fsp3) is 0.143. The molecule has 0 radical (unpaired) electrons. The highest BCUT2D eigenvalue weighted by Gasteiger charge is 2.13. The Morgan fingerprint density at radius 2 is 2.12 bits per heavy atom. The molecule has 86 valence electrons. The second kappa shape index (κ2) is 4.78. The van der Waals surface area contributed by atoms with Crippen molar-refractivity contribution < 1.29 is 9.53 Å². The maximum Gasteiger partial charge on any atom is 0.338 e. The SMILES string of the molecule is COC(=O)c1ccc(C)cc1-c1cccnc1. The van der Waals surface area contributed by atoms with Crippen LogP contribution in [0.2, 0.25) is 0 Å². The normalized spacial score (nSPS) is 10.0. The lowest BCUT2D eigenvalue weighted by atomic mass is 9.99. The molecular weight excluding hydrogens is 214 g/mol. The van der Waals surface area contributed by atoms with E-state index in [2.05, 4.69) is 4.98 Å². The van der Waals surface area contributed by atoms with Crippen LogP contribution >= 0.6 is 0 Å². The second-order valence-electron chi connectivity index (χ2n) is 3.78. The number of benzene rings is 1. The summed E-state index contributed by atoms with van der Waals surface area (Å²) in [5.41, 5.74) is 3.42. The average Bonchev–Trinajstić information content (AvgIpc) is 2.39. The van der Waals surface area contributed by atoms with Gasteiger partial charge in [0, 0.05) is 18.0 Å². The number of carbonyl (C=O) groups excluding carboxylic acids is 1. The van der Waals surface area contributed by atoms with Crippen molar-refractivity contribution in [3.05, 3.63) is 53.9 Å². The fourth-order valence-corrected chi connectivity index (χ4v) is 1.71. The molecule has 0 aliphatic heterocycles. The van der Waals surface area contributed by atoms with Gasteiger partial charge in [-0.05, 0) is 24.6 Å². The van der Waals surface area contributed by atoms with Gasteiger partial charge in [-0.1, -0.05) is 23.8 Å². The van der Waals surface area contributed by atoms with Gasteiger partial charge in [-0.3, -0.25) is 4.98 Å². The summed E-state index contributed by atoms with van der Waals surface area (Å²) in [5, 5.41) is 0. The number of nitrogens with zero attached hydrogens (tertiary/aromatic N) is 1. The van der Waals surface area contributed by atoms with E-state index in [9.17, 15) is 4.79 Å². The number of ether oxygens (including phenoxy) is 1. The molecule has 0 atom stereocenters. The van der Waals surface area contributed by atoms with E-state index in [1.54, 1.807) is 18.5 Å². The zero-order valence-corrected chi connectivity index (χ0v) is 9.81. The van der Waals surface area contributed by atoms with Crippen molar-refractivity contribution >= 4 is 5.97 Å². The summed E-state index contributed by atoms with van der Waals surface area (Å²) >= 11 is 0. The van der Waals surface area contributed by atoms with E-state index in [1.807, 2.05) is 31.2 Å². The molecule has 2 rings (SSSR count). The molecule has 0 amide bonds. The summed E-state index contributed by atoms with van der Waals surface area (Å²) in [5.74, 6) is -0.330. The first-order valence-corrected chi connectivity index (χ1v) is 5.31. The minimum absolute atomic E-state index is 0.330. The van der Waals surface area contributed by atoms with Gasteiger partial charge in [0.15, 0.2) is 0 Å². The van der Waals surface area contributed by atoms with Crippen molar-refractivity contribution in [3.8, 4) is 11.1 Å². The van der Waals surface area contributed by atoms with Crippen LogP contribution in [0.4, 0.5) is 0 Å². The zero-order valence-electron chi connectivity index (χ0n) is 9.81. The first-order valence-electron chi connectivity index (χ1n) is 5.31. The Bertz CT molecular complexity index is 535. The van der Waals surface area contributed by atoms with Crippen molar-refractivity contribution in [2.24, 2.45) is 0 Å². The third-order valence-corrected chi connectivity index (χ3v) is 2.55. The Morgan fingerprint density at radius 3 is 2.76 bits per heavy atom. The van der Waals surface area contributed by atoms with Crippen LogP contribution in [-0.2, 0) is 4.74 Å². The molecule has 1 aromatic carbocycles. The van der Waals surface area contributed by atoms with E-state index in [0.29, 0.717) is 5.56 Å². The minimum atomic E-state index is -0.330. The molecule has 17 heavy (non-hydrogen) atoms. The number of aryl methyl sites for hydroxylation is 1. The van der Waals surface area contributed by atoms with Gasteiger partial charge in [0.1, 0.15) is 0 Å². The molecule has 0 N–H and O–H groups in total.